The Balaban J connectivity index is 1.97. The van der Waals surface area contributed by atoms with E-state index >= 15 is 0 Å². The van der Waals surface area contributed by atoms with Crippen LogP contribution < -0.4 is 5.32 Å². The fraction of sp³-hybridized carbons (Fsp3) is 0.400. The number of nitrogens with one attached hydrogen (secondary N) is 1. The van der Waals surface area contributed by atoms with Crippen LogP contribution in [0.15, 0.2) is 36.5 Å². The van der Waals surface area contributed by atoms with Crippen LogP contribution in [-0.4, -0.2) is 22.6 Å². The molecule has 1 aromatic carbocycles. The first-order chi connectivity index (χ1) is 11.4. The quantitative estimate of drug-likeness (QED) is 0.890. The van der Waals surface area contributed by atoms with Crippen molar-refractivity contribution in [2.75, 3.05) is 0 Å². The maximum absolute atomic E-state index is 14.0. The maximum atomic E-state index is 14.0. The van der Waals surface area contributed by atoms with Gasteiger partial charge in [0, 0.05) is 23.2 Å². The molecule has 0 spiro atoms. The highest BCUT2D eigenvalue weighted by atomic mass is 19.1. The highest BCUT2D eigenvalue weighted by Crippen LogP contribution is 2.36. The summed E-state index contributed by atoms with van der Waals surface area (Å²) in [6.07, 6.45) is 5.28. The lowest BCUT2D eigenvalue weighted by molar-refractivity contribution is 0.0943. The van der Waals surface area contributed by atoms with Gasteiger partial charge in [0.15, 0.2) is 0 Å². The predicted octanol–water partition coefficient (Wildman–Crippen LogP) is 4.67. The molecule has 0 bridgehead atoms. The van der Waals surface area contributed by atoms with Crippen molar-refractivity contribution in [3.63, 3.8) is 0 Å². The number of allylic oxidation sites excluding steroid dienone is 2. The van der Waals surface area contributed by atoms with E-state index in [-0.39, 0.29) is 11.9 Å². The van der Waals surface area contributed by atoms with Gasteiger partial charge in [-0.1, -0.05) is 24.3 Å². The highest BCUT2D eigenvalue weighted by Gasteiger charge is 2.26. The van der Waals surface area contributed by atoms with Crippen molar-refractivity contribution in [2.45, 2.75) is 51.7 Å². The number of nitrogens with zero attached hydrogens (tertiary/aromatic N) is 1. The third-order valence-corrected chi connectivity index (χ3v) is 4.43. The zero-order valence-electron chi connectivity index (χ0n) is 14.4. The molecule has 3 rings (SSSR count). The molecule has 0 radical (unpaired) electrons. The molecule has 2 aromatic rings. The largest absolute Gasteiger partial charge is 0.350 e. The van der Waals surface area contributed by atoms with Gasteiger partial charge in [-0.25, -0.2) is 4.39 Å². The van der Waals surface area contributed by atoms with Crippen LogP contribution in [0.2, 0.25) is 0 Å². The van der Waals surface area contributed by atoms with Crippen LogP contribution in [-0.2, 0) is 0 Å². The number of amides is 1. The monoisotopic (exact) mass is 326 g/mol. The van der Waals surface area contributed by atoms with Gasteiger partial charge < -0.3 is 5.32 Å². The van der Waals surface area contributed by atoms with Gasteiger partial charge in [-0.2, -0.15) is 0 Å². The van der Waals surface area contributed by atoms with Gasteiger partial charge in [-0.3, -0.25) is 9.78 Å². The number of pyridine rings is 1. The van der Waals surface area contributed by atoms with Crippen molar-refractivity contribution in [3.8, 4) is 0 Å². The van der Waals surface area contributed by atoms with E-state index in [0.717, 1.165) is 22.0 Å². The first-order valence-corrected chi connectivity index (χ1v) is 8.44. The Morgan fingerprint density at radius 2 is 2.17 bits per heavy atom. The van der Waals surface area contributed by atoms with E-state index in [9.17, 15) is 9.18 Å². The molecule has 1 unspecified atom stereocenters. The second-order valence-electron chi connectivity index (χ2n) is 7.08. The van der Waals surface area contributed by atoms with Crippen molar-refractivity contribution >= 4 is 22.4 Å². The van der Waals surface area contributed by atoms with Crippen molar-refractivity contribution in [1.82, 2.24) is 10.3 Å². The molecular weight excluding hydrogens is 303 g/mol. The van der Waals surface area contributed by atoms with Crippen LogP contribution in [0, 0.1) is 0 Å². The average molecular weight is 326 g/mol. The number of hydrogen-bond acceptors (Lipinski definition) is 2. The minimum Gasteiger partial charge on any atom is -0.350 e. The molecule has 1 aromatic heterocycles. The van der Waals surface area contributed by atoms with Crippen molar-refractivity contribution in [2.24, 2.45) is 0 Å². The molecule has 1 heterocycles. The van der Waals surface area contributed by atoms with Crippen LogP contribution in [0.4, 0.5) is 4.39 Å². The van der Waals surface area contributed by atoms with E-state index in [0.29, 0.717) is 24.8 Å². The molecule has 1 N–H and O–H groups in total. The summed E-state index contributed by atoms with van der Waals surface area (Å²) >= 11 is 0. The Kier molecular flexibility index (Phi) is 4.39. The molecule has 0 saturated heterocycles. The Bertz CT molecular complexity index is 808. The summed E-state index contributed by atoms with van der Waals surface area (Å²) in [7, 11) is 0. The van der Waals surface area contributed by atoms with Crippen LogP contribution in [0.1, 0.15) is 56.0 Å². The van der Waals surface area contributed by atoms with E-state index < -0.39 is 5.67 Å². The van der Waals surface area contributed by atoms with Crippen LogP contribution in [0.25, 0.3) is 16.5 Å². The molecule has 4 heteroatoms. The summed E-state index contributed by atoms with van der Waals surface area (Å²) < 4.78 is 14.0. The number of para-hydroxylation sites is 1. The number of hydrogen-bond donors (Lipinski definition) is 1. The Hall–Kier alpha value is -2.23. The van der Waals surface area contributed by atoms with Gasteiger partial charge in [0.2, 0.25) is 0 Å². The highest BCUT2D eigenvalue weighted by molar-refractivity contribution is 5.99. The number of halogens is 1. The molecule has 0 saturated carbocycles. The lowest BCUT2D eigenvalue weighted by Gasteiger charge is -2.25. The smallest absolute Gasteiger partial charge is 0.253 e. The van der Waals surface area contributed by atoms with E-state index in [1.165, 1.54) is 0 Å². The summed E-state index contributed by atoms with van der Waals surface area (Å²) in [4.78, 5) is 16.7. The number of rotatable bonds is 3. The Morgan fingerprint density at radius 3 is 2.83 bits per heavy atom. The molecule has 3 nitrogen and oxygen atoms in total. The second-order valence-corrected chi connectivity index (χ2v) is 7.08. The van der Waals surface area contributed by atoms with Crippen molar-refractivity contribution in [3.05, 3.63) is 47.7 Å². The Morgan fingerprint density at radius 1 is 1.38 bits per heavy atom. The normalized spacial score (nSPS) is 21.0. The number of carbonyl (C=O) groups excluding carboxylic acids is 1. The number of benzene rings is 1. The summed E-state index contributed by atoms with van der Waals surface area (Å²) in [6, 6.07) is 7.90. The zero-order valence-corrected chi connectivity index (χ0v) is 14.4. The lowest BCUT2D eigenvalue weighted by atomic mass is 9.85. The molecular formula is C20H23FN2O. The summed E-state index contributed by atoms with van der Waals surface area (Å²) in [6.45, 7) is 5.51. The first-order valence-electron chi connectivity index (χ1n) is 8.44. The van der Waals surface area contributed by atoms with Gasteiger partial charge >= 0.3 is 0 Å². The number of fused-ring (bicyclic) bond motifs is 1. The fourth-order valence-electron chi connectivity index (χ4n) is 3.07. The van der Waals surface area contributed by atoms with Gasteiger partial charge in [-0.15, -0.1) is 0 Å². The van der Waals surface area contributed by atoms with E-state index in [1.54, 1.807) is 13.1 Å². The van der Waals surface area contributed by atoms with Gasteiger partial charge in [-0.05, 0) is 51.7 Å². The van der Waals surface area contributed by atoms with Gasteiger partial charge in [0.1, 0.15) is 5.67 Å². The van der Waals surface area contributed by atoms with Crippen LogP contribution in [0.3, 0.4) is 0 Å². The SMILES string of the molecule is CC(C)NC(=O)c1cnc2c(C3=CCC(C)(F)CC3)cccc2c1. The molecule has 1 atom stereocenters. The number of carbonyl (C=O) groups is 1. The van der Waals surface area contributed by atoms with Gasteiger partial charge in [0.05, 0.1) is 11.1 Å². The van der Waals surface area contributed by atoms with Crippen molar-refractivity contribution in [1.29, 1.82) is 0 Å². The van der Waals surface area contributed by atoms with Crippen LogP contribution in [0.5, 0.6) is 0 Å². The first kappa shape index (κ1) is 16.6. The third kappa shape index (κ3) is 3.48. The minimum atomic E-state index is -1.11. The topological polar surface area (TPSA) is 42.0 Å². The number of alkyl halides is 1. The summed E-state index contributed by atoms with van der Waals surface area (Å²) in [5, 5.41) is 3.81. The molecule has 1 aliphatic rings. The number of aromatic nitrogens is 1. The minimum absolute atomic E-state index is 0.0851. The Labute approximate surface area is 142 Å². The molecule has 126 valence electrons. The standard InChI is InChI=1S/C20H23FN2O/c1-13(2)23-19(24)16-11-15-5-4-6-17(18(15)22-12-16)14-7-9-20(3,21)10-8-14/h4-7,11-13H,8-10H2,1-3H3,(H,23,24). The molecule has 0 aliphatic heterocycles. The third-order valence-electron chi connectivity index (χ3n) is 4.43. The molecule has 1 amide bonds. The molecule has 24 heavy (non-hydrogen) atoms. The molecule has 1 aliphatic carbocycles. The van der Waals surface area contributed by atoms with E-state index in [2.05, 4.69) is 10.3 Å². The van der Waals surface area contributed by atoms with Crippen LogP contribution >= 0.6 is 0 Å². The van der Waals surface area contributed by atoms with E-state index in [4.69, 9.17) is 0 Å². The lowest BCUT2D eigenvalue weighted by Crippen LogP contribution is -2.30. The average Bonchev–Trinajstić information content (AvgIpc) is 2.53. The van der Waals surface area contributed by atoms with E-state index in [1.807, 2.05) is 44.2 Å². The summed E-state index contributed by atoms with van der Waals surface area (Å²) in [5.41, 5.74) is 2.50. The zero-order chi connectivity index (χ0) is 17.3. The maximum Gasteiger partial charge on any atom is 0.253 e. The predicted molar refractivity (Wildman–Crippen MR) is 95.7 cm³/mol. The molecule has 0 fully saturated rings. The second kappa shape index (κ2) is 6.34. The van der Waals surface area contributed by atoms with Crippen molar-refractivity contribution < 1.29 is 9.18 Å². The summed E-state index contributed by atoms with van der Waals surface area (Å²) in [5.74, 6) is -0.116. The fourth-order valence-corrected chi connectivity index (χ4v) is 3.07. The van der Waals surface area contributed by atoms with Gasteiger partial charge in [0.25, 0.3) is 5.91 Å².